The SMILES string of the molecule is COCCNC(=O)C1CCc2sc(C(=O)N3CCCC3)cc2C1. The summed E-state index contributed by atoms with van der Waals surface area (Å²) < 4.78 is 4.96. The number of likely N-dealkylation sites (tertiary alicyclic amines) is 1. The van der Waals surface area contributed by atoms with E-state index in [-0.39, 0.29) is 17.7 Å². The molecule has 3 rings (SSSR count). The van der Waals surface area contributed by atoms with Crippen molar-refractivity contribution in [2.75, 3.05) is 33.4 Å². The van der Waals surface area contributed by atoms with Crippen LogP contribution in [0, 0.1) is 5.92 Å². The molecule has 1 aromatic heterocycles. The van der Waals surface area contributed by atoms with E-state index in [0.29, 0.717) is 13.2 Å². The Morgan fingerprint density at radius 2 is 2.17 bits per heavy atom. The van der Waals surface area contributed by atoms with Crippen molar-refractivity contribution in [3.8, 4) is 0 Å². The number of aryl methyl sites for hydroxylation is 1. The highest BCUT2D eigenvalue weighted by Crippen LogP contribution is 2.33. The number of fused-ring (bicyclic) bond motifs is 1. The summed E-state index contributed by atoms with van der Waals surface area (Å²) in [6, 6.07) is 2.02. The van der Waals surface area contributed by atoms with Crippen molar-refractivity contribution < 1.29 is 14.3 Å². The second kappa shape index (κ2) is 7.45. The molecule has 0 aromatic carbocycles. The van der Waals surface area contributed by atoms with Crippen LogP contribution in [0.15, 0.2) is 6.07 Å². The quantitative estimate of drug-likeness (QED) is 0.835. The van der Waals surface area contributed by atoms with Crippen LogP contribution in [0.2, 0.25) is 0 Å². The summed E-state index contributed by atoms with van der Waals surface area (Å²) in [6.07, 6.45) is 4.73. The lowest BCUT2D eigenvalue weighted by Crippen LogP contribution is -2.35. The molecule has 1 aliphatic heterocycles. The first-order valence-corrected chi connectivity index (χ1v) is 9.18. The van der Waals surface area contributed by atoms with Gasteiger partial charge in [0.05, 0.1) is 11.5 Å². The highest BCUT2D eigenvalue weighted by atomic mass is 32.1. The highest BCUT2D eigenvalue weighted by molar-refractivity contribution is 7.14. The van der Waals surface area contributed by atoms with E-state index in [0.717, 1.165) is 50.1 Å². The Morgan fingerprint density at radius 1 is 1.39 bits per heavy atom. The van der Waals surface area contributed by atoms with Crippen molar-refractivity contribution in [1.29, 1.82) is 0 Å². The molecular formula is C17H24N2O3S. The molecule has 1 unspecified atom stereocenters. The van der Waals surface area contributed by atoms with E-state index in [1.165, 1.54) is 10.4 Å². The minimum atomic E-state index is 0.0173. The number of hydrogen-bond acceptors (Lipinski definition) is 4. The summed E-state index contributed by atoms with van der Waals surface area (Å²) in [7, 11) is 1.63. The third kappa shape index (κ3) is 3.75. The molecule has 1 aromatic rings. The number of rotatable bonds is 5. The summed E-state index contributed by atoms with van der Waals surface area (Å²) in [5.41, 5.74) is 1.19. The molecule has 6 heteroatoms. The van der Waals surface area contributed by atoms with Crippen molar-refractivity contribution in [2.45, 2.75) is 32.1 Å². The first-order chi connectivity index (χ1) is 11.2. The summed E-state index contributed by atoms with van der Waals surface area (Å²) in [6.45, 7) is 2.86. The normalized spacial score (nSPS) is 20.4. The predicted octanol–water partition coefficient (Wildman–Crippen LogP) is 1.85. The summed E-state index contributed by atoms with van der Waals surface area (Å²) in [5, 5.41) is 2.92. The first-order valence-electron chi connectivity index (χ1n) is 8.36. The first kappa shape index (κ1) is 16.5. The van der Waals surface area contributed by atoms with Crippen LogP contribution < -0.4 is 5.32 Å². The molecule has 1 aliphatic carbocycles. The molecule has 2 heterocycles. The number of nitrogens with zero attached hydrogens (tertiary/aromatic N) is 1. The van der Waals surface area contributed by atoms with Gasteiger partial charge in [0.2, 0.25) is 5.91 Å². The Bertz CT molecular complexity index is 578. The van der Waals surface area contributed by atoms with E-state index in [4.69, 9.17) is 4.74 Å². The number of methoxy groups -OCH3 is 1. The van der Waals surface area contributed by atoms with Crippen LogP contribution in [0.4, 0.5) is 0 Å². The number of thiophene rings is 1. The Morgan fingerprint density at radius 3 is 2.91 bits per heavy atom. The zero-order valence-corrected chi connectivity index (χ0v) is 14.4. The molecule has 0 radical (unpaired) electrons. The molecule has 1 N–H and O–H groups in total. The molecule has 23 heavy (non-hydrogen) atoms. The van der Waals surface area contributed by atoms with Gasteiger partial charge in [-0.2, -0.15) is 0 Å². The number of carbonyl (C=O) groups is 2. The van der Waals surface area contributed by atoms with Crippen LogP contribution in [-0.2, 0) is 22.4 Å². The van der Waals surface area contributed by atoms with Gasteiger partial charge in [0.1, 0.15) is 0 Å². The van der Waals surface area contributed by atoms with Crippen molar-refractivity contribution in [3.05, 3.63) is 21.4 Å². The molecule has 2 aliphatic rings. The van der Waals surface area contributed by atoms with Crippen molar-refractivity contribution in [2.24, 2.45) is 5.92 Å². The molecule has 0 spiro atoms. The van der Waals surface area contributed by atoms with Gasteiger partial charge in [0, 0.05) is 37.5 Å². The zero-order valence-electron chi connectivity index (χ0n) is 13.6. The van der Waals surface area contributed by atoms with Crippen molar-refractivity contribution >= 4 is 23.2 Å². The van der Waals surface area contributed by atoms with Gasteiger partial charge >= 0.3 is 0 Å². The maximum absolute atomic E-state index is 12.5. The van der Waals surface area contributed by atoms with Crippen molar-refractivity contribution in [1.82, 2.24) is 10.2 Å². The highest BCUT2D eigenvalue weighted by Gasteiger charge is 2.28. The second-order valence-corrected chi connectivity index (χ2v) is 7.42. The summed E-state index contributed by atoms with van der Waals surface area (Å²) in [4.78, 5) is 28.8. The largest absolute Gasteiger partial charge is 0.383 e. The average Bonchev–Trinajstić information content (AvgIpc) is 3.23. The van der Waals surface area contributed by atoms with Gasteiger partial charge in [-0.1, -0.05) is 0 Å². The fourth-order valence-electron chi connectivity index (χ4n) is 3.35. The Balaban J connectivity index is 1.62. The zero-order chi connectivity index (χ0) is 16.2. The maximum Gasteiger partial charge on any atom is 0.263 e. The minimum absolute atomic E-state index is 0.0173. The number of ether oxygens (including phenoxy) is 1. The van der Waals surface area contributed by atoms with Gasteiger partial charge in [0.25, 0.3) is 5.91 Å². The molecule has 1 atom stereocenters. The monoisotopic (exact) mass is 336 g/mol. The Hall–Kier alpha value is -1.40. The topological polar surface area (TPSA) is 58.6 Å². The van der Waals surface area contributed by atoms with E-state index in [2.05, 4.69) is 5.32 Å². The van der Waals surface area contributed by atoms with Crippen LogP contribution in [0.1, 0.15) is 39.4 Å². The van der Waals surface area contributed by atoms with Gasteiger partial charge in [-0.25, -0.2) is 0 Å². The molecule has 0 bridgehead atoms. The molecule has 126 valence electrons. The van der Waals surface area contributed by atoms with E-state index < -0.39 is 0 Å². The van der Waals surface area contributed by atoms with Gasteiger partial charge in [-0.05, 0) is 43.7 Å². The summed E-state index contributed by atoms with van der Waals surface area (Å²) >= 11 is 1.62. The number of amides is 2. The van der Waals surface area contributed by atoms with Crippen LogP contribution in [0.5, 0.6) is 0 Å². The van der Waals surface area contributed by atoms with Gasteiger partial charge in [-0.3, -0.25) is 9.59 Å². The maximum atomic E-state index is 12.5. The molecule has 0 saturated carbocycles. The van der Waals surface area contributed by atoms with Crippen LogP contribution >= 0.6 is 11.3 Å². The molecular weight excluding hydrogens is 312 g/mol. The number of nitrogens with one attached hydrogen (secondary N) is 1. The smallest absolute Gasteiger partial charge is 0.263 e. The van der Waals surface area contributed by atoms with Gasteiger partial charge in [-0.15, -0.1) is 11.3 Å². The minimum Gasteiger partial charge on any atom is -0.383 e. The third-order valence-electron chi connectivity index (χ3n) is 4.66. The van der Waals surface area contributed by atoms with E-state index in [1.807, 2.05) is 11.0 Å². The van der Waals surface area contributed by atoms with Crippen LogP contribution in [0.25, 0.3) is 0 Å². The fraction of sp³-hybridized carbons (Fsp3) is 0.647. The lowest BCUT2D eigenvalue weighted by Gasteiger charge is -2.21. The predicted molar refractivity (Wildman–Crippen MR) is 89.9 cm³/mol. The summed E-state index contributed by atoms with van der Waals surface area (Å²) in [5.74, 6) is 0.290. The van der Waals surface area contributed by atoms with E-state index in [9.17, 15) is 9.59 Å². The second-order valence-electron chi connectivity index (χ2n) is 6.28. The Kier molecular flexibility index (Phi) is 5.33. The van der Waals surface area contributed by atoms with E-state index >= 15 is 0 Å². The fourth-order valence-corrected chi connectivity index (χ4v) is 4.53. The molecule has 5 nitrogen and oxygen atoms in total. The molecule has 2 amide bonds. The van der Waals surface area contributed by atoms with Gasteiger partial charge < -0.3 is 15.0 Å². The third-order valence-corrected chi connectivity index (χ3v) is 5.89. The standard InChI is InChI=1S/C17H24N2O3S/c1-22-9-6-18-16(20)12-4-5-14-13(10-12)11-15(23-14)17(21)19-7-2-3-8-19/h11-12H,2-10H2,1H3,(H,18,20). The lowest BCUT2D eigenvalue weighted by molar-refractivity contribution is -0.125. The lowest BCUT2D eigenvalue weighted by atomic mass is 9.88. The molecule has 1 saturated heterocycles. The van der Waals surface area contributed by atoms with Crippen LogP contribution in [0.3, 0.4) is 0 Å². The van der Waals surface area contributed by atoms with E-state index in [1.54, 1.807) is 18.4 Å². The van der Waals surface area contributed by atoms with Crippen molar-refractivity contribution in [3.63, 3.8) is 0 Å². The average molecular weight is 336 g/mol. The Labute approximate surface area is 141 Å². The van der Waals surface area contributed by atoms with Gasteiger partial charge in [0.15, 0.2) is 0 Å². The molecule has 1 fully saturated rings. The number of carbonyl (C=O) groups excluding carboxylic acids is 2. The van der Waals surface area contributed by atoms with Crippen LogP contribution in [-0.4, -0.2) is 50.1 Å². The number of hydrogen-bond donors (Lipinski definition) is 1.